The van der Waals surface area contributed by atoms with Crippen LogP contribution in [0.5, 0.6) is 5.88 Å². The lowest BCUT2D eigenvalue weighted by Crippen LogP contribution is -2.42. The van der Waals surface area contributed by atoms with Crippen LogP contribution in [-0.4, -0.2) is 67.5 Å². The number of ether oxygens (including phenoxy) is 2. The zero-order valence-corrected chi connectivity index (χ0v) is 19.3. The highest BCUT2D eigenvalue weighted by atomic mass is 32.2. The van der Waals surface area contributed by atoms with E-state index in [0.717, 1.165) is 23.5 Å². The molecular weight excluding hydrogens is 432 g/mol. The molecule has 10 heteroatoms. The standard InChI is InChI=1S/C22H28N4O5S/c1-15(2)30-22(27)25-11-8-17(9-12-25)31-21-19-10-13-26(20(19)23-14-24-21)16-4-6-18(7-5-16)32(3,28)29/h4-7,14-15,17H,8-13H2,1-3H3. The van der Waals surface area contributed by atoms with Crippen molar-refractivity contribution in [2.45, 2.75) is 50.2 Å². The van der Waals surface area contributed by atoms with E-state index in [1.807, 2.05) is 18.7 Å². The third-order valence-corrected chi connectivity index (χ3v) is 6.74. The number of nitrogens with zero attached hydrogens (tertiary/aromatic N) is 4. The van der Waals surface area contributed by atoms with Gasteiger partial charge in [0.05, 0.1) is 16.6 Å². The zero-order valence-electron chi connectivity index (χ0n) is 18.5. The van der Waals surface area contributed by atoms with Crippen molar-refractivity contribution in [3.8, 4) is 5.88 Å². The van der Waals surface area contributed by atoms with Crippen molar-refractivity contribution < 1.29 is 22.7 Å². The molecule has 0 N–H and O–H groups in total. The second kappa shape index (κ2) is 8.93. The van der Waals surface area contributed by atoms with E-state index in [1.165, 1.54) is 12.6 Å². The number of fused-ring (bicyclic) bond motifs is 1. The molecule has 3 heterocycles. The first-order valence-electron chi connectivity index (χ1n) is 10.8. The summed E-state index contributed by atoms with van der Waals surface area (Å²) in [7, 11) is -3.24. The molecule has 0 radical (unpaired) electrons. The van der Waals surface area contributed by atoms with E-state index in [0.29, 0.717) is 38.4 Å². The number of aromatic nitrogens is 2. The molecule has 0 unspecified atom stereocenters. The normalized spacial score (nSPS) is 16.9. The number of sulfone groups is 1. The fraction of sp³-hybridized carbons (Fsp3) is 0.500. The van der Waals surface area contributed by atoms with Crippen molar-refractivity contribution in [2.75, 3.05) is 30.8 Å². The quantitative estimate of drug-likeness (QED) is 0.671. The maximum absolute atomic E-state index is 12.1. The Hall–Kier alpha value is -2.88. The van der Waals surface area contributed by atoms with Gasteiger partial charge in [0.2, 0.25) is 5.88 Å². The van der Waals surface area contributed by atoms with Crippen LogP contribution in [0.2, 0.25) is 0 Å². The molecule has 1 amide bonds. The van der Waals surface area contributed by atoms with E-state index >= 15 is 0 Å². The number of benzene rings is 1. The van der Waals surface area contributed by atoms with E-state index in [9.17, 15) is 13.2 Å². The predicted octanol–water partition coefficient (Wildman–Crippen LogP) is 2.96. The maximum atomic E-state index is 12.1. The minimum absolute atomic E-state index is 0.0276. The summed E-state index contributed by atoms with van der Waals surface area (Å²) in [6.07, 6.45) is 4.41. The minimum atomic E-state index is -3.24. The van der Waals surface area contributed by atoms with Crippen molar-refractivity contribution in [3.63, 3.8) is 0 Å². The summed E-state index contributed by atoms with van der Waals surface area (Å²) in [5, 5.41) is 0. The van der Waals surface area contributed by atoms with Gasteiger partial charge in [0, 0.05) is 44.4 Å². The molecule has 2 aliphatic rings. The number of carbonyl (C=O) groups is 1. The lowest BCUT2D eigenvalue weighted by Gasteiger charge is -2.32. The minimum Gasteiger partial charge on any atom is -0.474 e. The van der Waals surface area contributed by atoms with Crippen LogP contribution in [-0.2, 0) is 21.0 Å². The third-order valence-electron chi connectivity index (χ3n) is 5.62. The highest BCUT2D eigenvalue weighted by Gasteiger charge is 2.30. The molecule has 172 valence electrons. The van der Waals surface area contributed by atoms with Gasteiger partial charge in [-0.1, -0.05) is 0 Å². The van der Waals surface area contributed by atoms with E-state index in [4.69, 9.17) is 9.47 Å². The molecule has 1 aromatic carbocycles. The van der Waals surface area contributed by atoms with Crippen molar-refractivity contribution in [2.24, 2.45) is 0 Å². The molecule has 0 saturated carbocycles. The van der Waals surface area contributed by atoms with Crippen LogP contribution in [0, 0.1) is 0 Å². The van der Waals surface area contributed by atoms with Gasteiger partial charge >= 0.3 is 6.09 Å². The Morgan fingerprint density at radius 3 is 2.41 bits per heavy atom. The van der Waals surface area contributed by atoms with Crippen LogP contribution in [0.1, 0.15) is 32.3 Å². The zero-order chi connectivity index (χ0) is 22.9. The SMILES string of the molecule is CC(C)OC(=O)N1CCC(Oc2ncnc3c2CCN3c2ccc(S(C)(=O)=O)cc2)CC1. The number of piperidine rings is 1. The first-order valence-corrected chi connectivity index (χ1v) is 12.7. The molecule has 1 fully saturated rings. The lowest BCUT2D eigenvalue weighted by molar-refractivity contribution is 0.0505. The molecule has 2 aliphatic heterocycles. The molecule has 4 rings (SSSR count). The first-order chi connectivity index (χ1) is 15.2. The van der Waals surface area contributed by atoms with E-state index in [-0.39, 0.29) is 23.2 Å². The second-order valence-electron chi connectivity index (χ2n) is 8.39. The number of hydrogen-bond donors (Lipinski definition) is 0. The summed E-state index contributed by atoms with van der Waals surface area (Å²) >= 11 is 0. The van der Waals surface area contributed by atoms with Gasteiger partial charge in [0.25, 0.3) is 0 Å². The summed E-state index contributed by atoms with van der Waals surface area (Å²) in [5.41, 5.74) is 1.82. The van der Waals surface area contributed by atoms with E-state index in [1.54, 1.807) is 29.2 Å². The lowest BCUT2D eigenvalue weighted by atomic mass is 10.1. The molecule has 0 aliphatic carbocycles. The Morgan fingerprint density at radius 1 is 1.09 bits per heavy atom. The van der Waals surface area contributed by atoms with Crippen LogP contribution in [0.15, 0.2) is 35.5 Å². The second-order valence-corrected chi connectivity index (χ2v) is 10.4. The summed E-state index contributed by atoms with van der Waals surface area (Å²) in [6.45, 7) is 5.56. The fourth-order valence-electron chi connectivity index (χ4n) is 3.98. The Kier molecular flexibility index (Phi) is 6.23. The average molecular weight is 461 g/mol. The van der Waals surface area contributed by atoms with Gasteiger partial charge in [-0.2, -0.15) is 0 Å². The highest BCUT2D eigenvalue weighted by Crippen LogP contribution is 2.37. The Morgan fingerprint density at radius 2 is 1.78 bits per heavy atom. The van der Waals surface area contributed by atoms with Crippen LogP contribution in [0.3, 0.4) is 0 Å². The number of rotatable bonds is 5. The van der Waals surface area contributed by atoms with Gasteiger partial charge in [0.15, 0.2) is 9.84 Å². The molecule has 9 nitrogen and oxygen atoms in total. The number of carbonyl (C=O) groups excluding carboxylic acids is 1. The summed E-state index contributed by atoms with van der Waals surface area (Å²) in [5.74, 6) is 1.36. The molecule has 1 saturated heterocycles. The molecule has 2 aromatic rings. The van der Waals surface area contributed by atoms with Crippen LogP contribution < -0.4 is 9.64 Å². The molecule has 1 aromatic heterocycles. The molecule has 0 atom stereocenters. The van der Waals surface area contributed by atoms with Crippen molar-refractivity contribution >= 4 is 27.4 Å². The first kappa shape index (κ1) is 22.3. The average Bonchev–Trinajstić information content (AvgIpc) is 3.18. The summed E-state index contributed by atoms with van der Waals surface area (Å²) in [4.78, 5) is 24.9. The third kappa shape index (κ3) is 4.79. The smallest absolute Gasteiger partial charge is 0.410 e. The summed E-state index contributed by atoms with van der Waals surface area (Å²) in [6, 6.07) is 6.80. The van der Waals surface area contributed by atoms with Crippen molar-refractivity contribution in [1.82, 2.24) is 14.9 Å². The van der Waals surface area contributed by atoms with Crippen molar-refractivity contribution in [3.05, 3.63) is 36.2 Å². The number of likely N-dealkylation sites (tertiary alicyclic amines) is 1. The Bertz CT molecular complexity index is 1080. The maximum Gasteiger partial charge on any atom is 0.410 e. The molecule has 0 spiro atoms. The van der Waals surface area contributed by atoms with Gasteiger partial charge < -0.3 is 19.3 Å². The number of anilines is 2. The van der Waals surface area contributed by atoms with E-state index < -0.39 is 9.84 Å². The summed E-state index contributed by atoms with van der Waals surface area (Å²) < 4.78 is 34.9. The van der Waals surface area contributed by atoms with Gasteiger partial charge in [0.1, 0.15) is 18.2 Å². The van der Waals surface area contributed by atoms with Gasteiger partial charge in [-0.05, 0) is 44.5 Å². The topological polar surface area (TPSA) is 102 Å². The largest absolute Gasteiger partial charge is 0.474 e. The van der Waals surface area contributed by atoms with Crippen LogP contribution in [0.25, 0.3) is 0 Å². The Balaban J connectivity index is 1.43. The monoisotopic (exact) mass is 460 g/mol. The molecular formula is C22H28N4O5S. The number of hydrogen-bond acceptors (Lipinski definition) is 8. The van der Waals surface area contributed by atoms with Gasteiger partial charge in [-0.3, -0.25) is 0 Å². The van der Waals surface area contributed by atoms with Gasteiger partial charge in [-0.25, -0.2) is 23.2 Å². The Labute approximate surface area is 188 Å². The fourth-order valence-corrected chi connectivity index (χ4v) is 4.62. The van der Waals surface area contributed by atoms with Crippen LogP contribution >= 0.6 is 0 Å². The van der Waals surface area contributed by atoms with Crippen LogP contribution in [0.4, 0.5) is 16.3 Å². The highest BCUT2D eigenvalue weighted by molar-refractivity contribution is 7.90. The molecule has 0 bridgehead atoms. The number of amides is 1. The van der Waals surface area contributed by atoms with E-state index in [2.05, 4.69) is 9.97 Å². The van der Waals surface area contributed by atoms with Crippen molar-refractivity contribution in [1.29, 1.82) is 0 Å². The van der Waals surface area contributed by atoms with Gasteiger partial charge in [-0.15, -0.1) is 0 Å². The predicted molar refractivity (Wildman–Crippen MR) is 119 cm³/mol. The molecule has 32 heavy (non-hydrogen) atoms.